The molecule has 4 nitrogen and oxygen atoms in total. The van der Waals surface area contributed by atoms with Crippen LogP contribution in [0.2, 0.25) is 5.02 Å². The molecular formula is C13H21ClN2O2S. The zero-order valence-corrected chi connectivity index (χ0v) is 12.9. The van der Waals surface area contributed by atoms with E-state index in [9.17, 15) is 4.79 Å². The van der Waals surface area contributed by atoms with E-state index in [2.05, 4.69) is 5.32 Å². The van der Waals surface area contributed by atoms with Crippen LogP contribution in [0, 0.1) is 0 Å². The van der Waals surface area contributed by atoms with Crippen molar-refractivity contribution < 1.29 is 9.90 Å². The number of hydrogen-bond donors (Lipinski definition) is 2. The van der Waals surface area contributed by atoms with Crippen LogP contribution >= 0.6 is 23.4 Å². The molecule has 0 spiro atoms. The Morgan fingerprint density at radius 3 is 2.89 bits per heavy atom. The Morgan fingerprint density at radius 2 is 2.26 bits per heavy atom. The van der Waals surface area contributed by atoms with E-state index in [-0.39, 0.29) is 18.6 Å². The number of hydrogen-bond acceptors (Lipinski definition) is 3. The molecular weight excluding hydrogens is 284 g/mol. The van der Waals surface area contributed by atoms with Gasteiger partial charge >= 0.3 is 0 Å². The standard InChI is InChI=1S/C13H21ClN2O2S/c1-10(2)16-9-11(14)8-12(16)13(18)15-4-7-19-6-3-5-17/h8-10,17H,3-7H2,1-2H3,(H,15,18). The number of amides is 1. The van der Waals surface area contributed by atoms with Crippen molar-refractivity contribution in [3.8, 4) is 0 Å². The van der Waals surface area contributed by atoms with Gasteiger partial charge < -0.3 is 15.0 Å². The van der Waals surface area contributed by atoms with Gasteiger partial charge in [0, 0.05) is 31.1 Å². The lowest BCUT2D eigenvalue weighted by molar-refractivity contribution is 0.0945. The van der Waals surface area contributed by atoms with Gasteiger partial charge in [-0.1, -0.05) is 11.6 Å². The maximum absolute atomic E-state index is 12.0. The van der Waals surface area contributed by atoms with Crippen molar-refractivity contribution in [2.75, 3.05) is 24.7 Å². The van der Waals surface area contributed by atoms with E-state index in [0.29, 0.717) is 17.3 Å². The molecule has 2 N–H and O–H groups in total. The fourth-order valence-electron chi connectivity index (χ4n) is 1.65. The van der Waals surface area contributed by atoms with E-state index >= 15 is 0 Å². The second kappa shape index (κ2) is 8.51. The maximum Gasteiger partial charge on any atom is 0.267 e. The molecule has 0 saturated heterocycles. The van der Waals surface area contributed by atoms with Gasteiger partial charge in [-0.3, -0.25) is 4.79 Å². The highest BCUT2D eigenvalue weighted by Crippen LogP contribution is 2.18. The molecule has 19 heavy (non-hydrogen) atoms. The van der Waals surface area contributed by atoms with Crippen LogP contribution in [0.1, 0.15) is 36.8 Å². The van der Waals surface area contributed by atoms with Gasteiger partial charge in [-0.15, -0.1) is 0 Å². The summed E-state index contributed by atoms with van der Waals surface area (Å²) in [5.41, 5.74) is 0.598. The molecule has 0 aliphatic carbocycles. The minimum absolute atomic E-state index is 0.0941. The second-order valence-corrected chi connectivity index (χ2v) is 6.15. The van der Waals surface area contributed by atoms with Crippen LogP contribution < -0.4 is 5.32 Å². The lowest BCUT2D eigenvalue weighted by Crippen LogP contribution is -2.28. The highest BCUT2D eigenvalue weighted by atomic mass is 35.5. The molecule has 0 unspecified atom stereocenters. The van der Waals surface area contributed by atoms with Crippen molar-refractivity contribution >= 4 is 29.3 Å². The predicted octanol–water partition coefficient (Wildman–Crippen LogP) is 2.57. The summed E-state index contributed by atoms with van der Waals surface area (Å²) in [6, 6.07) is 1.89. The summed E-state index contributed by atoms with van der Waals surface area (Å²) in [7, 11) is 0. The van der Waals surface area contributed by atoms with Gasteiger partial charge in [-0.05, 0) is 32.1 Å². The summed E-state index contributed by atoms with van der Waals surface area (Å²) in [4.78, 5) is 12.0. The van der Waals surface area contributed by atoms with Gasteiger partial charge in [0.15, 0.2) is 0 Å². The average Bonchev–Trinajstić information content (AvgIpc) is 2.76. The lowest BCUT2D eigenvalue weighted by Gasteiger charge is -2.12. The molecule has 1 rings (SSSR count). The number of rotatable bonds is 8. The van der Waals surface area contributed by atoms with Gasteiger partial charge in [0.05, 0.1) is 5.02 Å². The van der Waals surface area contributed by atoms with Crippen molar-refractivity contribution in [3.05, 3.63) is 23.0 Å². The van der Waals surface area contributed by atoms with Crippen LogP contribution in [0.15, 0.2) is 12.3 Å². The van der Waals surface area contributed by atoms with Gasteiger partial charge in [-0.25, -0.2) is 0 Å². The lowest BCUT2D eigenvalue weighted by atomic mass is 10.3. The molecule has 1 aromatic heterocycles. The highest BCUT2D eigenvalue weighted by Gasteiger charge is 2.14. The fraction of sp³-hybridized carbons (Fsp3) is 0.615. The van der Waals surface area contributed by atoms with Crippen LogP contribution in [0.4, 0.5) is 0 Å². The van der Waals surface area contributed by atoms with Crippen LogP contribution in [-0.2, 0) is 0 Å². The molecule has 0 aliphatic heterocycles. The third-order valence-electron chi connectivity index (χ3n) is 2.58. The number of halogens is 1. The number of aliphatic hydroxyl groups is 1. The first-order valence-electron chi connectivity index (χ1n) is 6.40. The Balaban J connectivity index is 2.41. The quantitative estimate of drug-likeness (QED) is 0.726. The van der Waals surface area contributed by atoms with Crippen LogP contribution in [0.5, 0.6) is 0 Å². The predicted molar refractivity (Wildman–Crippen MR) is 81.2 cm³/mol. The Kier molecular flexibility index (Phi) is 7.34. The molecule has 1 heterocycles. The zero-order valence-electron chi connectivity index (χ0n) is 11.4. The highest BCUT2D eigenvalue weighted by molar-refractivity contribution is 7.99. The number of nitrogens with one attached hydrogen (secondary N) is 1. The van der Waals surface area contributed by atoms with Crippen molar-refractivity contribution in [2.24, 2.45) is 0 Å². The first-order chi connectivity index (χ1) is 9.06. The number of nitrogens with zero attached hydrogens (tertiary/aromatic N) is 1. The molecule has 0 bridgehead atoms. The van der Waals surface area contributed by atoms with Crippen LogP contribution in [-0.4, -0.2) is 40.2 Å². The normalized spacial score (nSPS) is 11.0. The topological polar surface area (TPSA) is 54.3 Å². The SMILES string of the molecule is CC(C)n1cc(Cl)cc1C(=O)NCCSCCCO. The molecule has 0 atom stereocenters. The first-order valence-corrected chi connectivity index (χ1v) is 7.93. The Bertz CT molecular complexity index is 407. The molecule has 1 amide bonds. The Hall–Kier alpha value is -0.650. The zero-order chi connectivity index (χ0) is 14.3. The number of aliphatic hydroxyl groups excluding tert-OH is 1. The molecule has 108 valence electrons. The molecule has 0 radical (unpaired) electrons. The Labute approximate surface area is 123 Å². The largest absolute Gasteiger partial charge is 0.396 e. The molecule has 0 saturated carbocycles. The monoisotopic (exact) mass is 304 g/mol. The summed E-state index contributed by atoms with van der Waals surface area (Å²) in [6.07, 6.45) is 2.57. The summed E-state index contributed by atoms with van der Waals surface area (Å²) >= 11 is 7.67. The molecule has 1 aromatic rings. The molecule has 0 aromatic carbocycles. The summed E-state index contributed by atoms with van der Waals surface area (Å²) in [6.45, 7) is 4.87. The first kappa shape index (κ1) is 16.4. The number of carbonyl (C=O) groups excluding carboxylic acids is 1. The average molecular weight is 305 g/mol. The van der Waals surface area contributed by atoms with Crippen molar-refractivity contribution in [3.63, 3.8) is 0 Å². The molecule has 0 fully saturated rings. The van der Waals surface area contributed by atoms with E-state index in [0.717, 1.165) is 17.9 Å². The Morgan fingerprint density at radius 1 is 1.53 bits per heavy atom. The molecule has 0 aliphatic rings. The van der Waals surface area contributed by atoms with E-state index in [1.54, 1.807) is 24.0 Å². The third kappa shape index (κ3) is 5.47. The van der Waals surface area contributed by atoms with E-state index in [1.807, 2.05) is 18.4 Å². The molecule has 6 heteroatoms. The summed E-state index contributed by atoms with van der Waals surface area (Å²) < 4.78 is 1.87. The van der Waals surface area contributed by atoms with Crippen LogP contribution in [0.25, 0.3) is 0 Å². The van der Waals surface area contributed by atoms with Gasteiger partial charge in [-0.2, -0.15) is 11.8 Å². The van der Waals surface area contributed by atoms with Crippen molar-refractivity contribution in [2.45, 2.75) is 26.3 Å². The van der Waals surface area contributed by atoms with Gasteiger partial charge in [0.2, 0.25) is 0 Å². The number of carbonyl (C=O) groups is 1. The second-order valence-electron chi connectivity index (χ2n) is 4.49. The van der Waals surface area contributed by atoms with Crippen molar-refractivity contribution in [1.82, 2.24) is 9.88 Å². The summed E-state index contributed by atoms with van der Waals surface area (Å²) in [5, 5.41) is 12.1. The van der Waals surface area contributed by atoms with E-state index in [4.69, 9.17) is 16.7 Å². The smallest absolute Gasteiger partial charge is 0.267 e. The summed E-state index contributed by atoms with van der Waals surface area (Å²) in [5.74, 6) is 1.67. The van der Waals surface area contributed by atoms with Crippen molar-refractivity contribution in [1.29, 1.82) is 0 Å². The van der Waals surface area contributed by atoms with Gasteiger partial charge in [0.25, 0.3) is 5.91 Å². The van der Waals surface area contributed by atoms with E-state index in [1.165, 1.54) is 0 Å². The number of thioether (sulfide) groups is 1. The maximum atomic E-state index is 12.0. The minimum Gasteiger partial charge on any atom is -0.396 e. The van der Waals surface area contributed by atoms with Crippen LogP contribution in [0.3, 0.4) is 0 Å². The van der Waals surface area contributed by atoms with E-state index < -0.39 is 0 Å². The number of aromatic nitrogens is 1. The fourth-order valence-corrected chi connectivity index (χ4v) is 2.64. The third-order valence-corrected chi connectivity index (χ3v) is 3.86. The van der Waals surface area contributed by atoms with Gasteiger partial charge in [0.1, 0.15) is 5.69 Å². The minimum atomic E-state index is -0.0941.